The smallest absolute Gasteiger partial charge is 0.119 e. The molecule has 2 heteroatoms. The molecule has 1 aromatic carbocycles. The van der Waals surface area contributed by atoms with E-state index < -0.39 is 0 Å². The molecule has 2 nitrogen and oxygen atoms in total. The normalized spacial score (nSPS) is 11.5. The number of aryl methyl sites for hydroxylation is 1. The van der Waals surface area contributed by atoms with Gasteiger partial charge in [-0.2, -0.15) is 0 Å². The molecule has 0 spiro atoms. The van der Waals surface area contributed by atoms with Crippen molar-refractivity contribution in [2.24, 2.45) is 0 Å². The molecule has 0 aliphatic carbocycles. The molecule has 0 saturated carbocycles. The molecule has 0 aliphatic rings. The van der Waals surface area contributed by atoms with Crippen LogP contribution in [0.1, 0.15) is 33.3 Å². The van der Waals surface area contributed by atoms with Gasteiger partial charge in [-0.05, 0) is 44.9 Å². The molecule has 0 aliphatic heterocycles. The number of hydrogen-bond donors (Lipinski definition) is 1. The summed E-state index contributed by atoms with van der Waals surface area (Å²) in [6, 6.07) is 8.29. The average Bonchev–Trinajstić information content (AvgIpc) is 2.23. The largest absolute Gasteiger partial charge is 0.492 e. The van der Waals surface area contributed by atoms with E-state index in [2.05, 4.69) is 45.1 Å². The van der Waals surface area contributed by atoms with Crippen molar-refractivity contribution in [2.75, 3.05) is 13.2 Å². The quantitative estimate of drug-likeness (QED) is 0.772. The first-order valence-electron chi connectivity index (χ1n) is 5.98. The van der Waals surface area contributed by atoms with Crippen molar-refractivity contribution in [3.05, 3.63) is 29.8 Å². The zero-order chi connectivity index (χ0) is 12.0. The Hall–Kier alpha value is -1.02. The van der Waals surface area contributed by atoms with Crippen LogP contribution in [0.3, 0.4) is 0 Å². The highest BCUT2D eigenvalue weighted by Crippen LogP contribution is 2.13. The lowest BCUT2D eigenvalue weighted by atomic mass is 10.1. The molecule has 0 saturated heterocycles. The molecule has 0 bridgehead atoms. The minimum absolute atomic E-state index is 0.161. The summed E-state index contributed by atoms with van der Waals surface area (Å²) in [5.74, 6) is 0.968. The van der Waals surface area contributed by atoms with E-state index in [4.69, 9.17) is 4.74 Å². The van der Waals surface area contributed by atoms with Gasteiger partial charge in [0.15, 0.2) is 0 Å². The zero-order valence-corrected chi connectivity index (χ0v) is 10.8. The Bertz CT molecular complexity index is 315. The van der Waals surface area contributed by atoms with Crippen molar-refractivity contribution in [3.8, 4) is 5.75 Å². The molecular weight excluding hydrogens is 198 g/mol. The van der Waals surface area contributed by atoms with Crippen molar-refractivity contribution in [1.82, 2.24) is 5.32 Å². The Morgan fingerprint density at radius 3 is 2.62 bits per heavy atom. The minimum atomic E-state index is 0.161. The summed E-state index contributed by atoms with van der Waals surface area (Å²) < 4.78 is 5.68. The van der Waals surface area contributed by atoms with Gasteiger partial charge in [-0.15, -0.1) is 0 Å². The molecule has 16 heavy (non-hydrogen) atoms. The summed E-state index contributed by atoms with van der Waals surface area (Å²) in [5, 5.41) is 3.40. The summed E-state index contributed by atoms with van der Waals surface area (Å²) in [5.41, 5.74) is 1.48. The third kappa shape index (κ3) is 5.17. The second kappa shape index (κ2) is 5.90. The van der Waals surface area contributed by atoms with E-state index in [9.17, 15) is 0 Å². The lowest BCUT2D eigenvalue weighted by Gasteiger charge is -2.20. The predicted molar refractivity (Wildman–Crippen MR) is 69.1 cm³/mol. The fourth-order valence-electron chi connectivity index (χ4n) is 1.45. The van der Waals surface area contributed by atoms with Crippen LogP contribution in [0.15, 0.2) is 24.3 Å². The fraction of sp³-hybridized carbons (Fsp3) is 0.571. The molecular formula is C14H23NO. The van der Waals surface area contributed by atoms with Crippen molar-refractivity contribution < 1.29 is 4.74 Å². The number of nitrogens with one attached hydrogen (secondary N) is 1. The maximum atomic E-state index is 5.68. The summed E-state index contributed by atoms with van der Waals surface area (Å²) >= 11 is 0. The van der Waals surface area contributed by atoms with E-state index in [1.807, 2.05) is 12.1 Å². The summed E-state index contributed by atoms with van der Waals surface area (Å²) in [7, 11) is 0. The standard InChI is InChI=1S/C14H23NO/c1-5-12-7-6-8-13(11-12)16-10-9-15-14(2,3)4/h6-8,11,15H,5,9-10H2,1-4H3. The predicted octanol–water partition coefficient (Wildman–Crippen LogP) is 3.02. The molecule has 1 N–H and O–H groups in total. The molecule has 0 aromatic heterocycles. The Morgan fingerprint density at radius 2 is 2.00 bits per heavy atom. The van der Waals surface area contributed by atoms with Gasteiger partial charge in [-0.25, -0.2) is 0 Å². The number of hydrogen-bond acceptors (Lipinski definition) is 2. The Balaban J connectivity index is 2.32. The topological polar surface area (TPSA) is 21.3 Å². The van der Waals surface area contributed by atoms with Crippen molar-refractivity contribution in [3.63, 3.8) is 0 Å². The van der Waals surface area contributed by atoms with Crippen LogP contribution in [0.2, 0.25) is 0 Å². The van der Waals surface area contributed by atoms with E-state index in [0.717, 1.165) is 18.7 Å². The van der Waals surface area contributed by atoms with Gasteiger partial charge in [-0.3, -0.25) is 0 Å². The Labute approximate surface area is 99.0 Å². The Kier molecular flexibility index (Phi) is 4.81. The Morgan fingerprint density at radius 1 is 1.25 bits per heavy atom. The maximum absolute atomic E-state index is 5.68. The maximum Gasteiger partial charge on any atom is 0.119 e. The van der Waals surface area contributed by atoms with Crippen LogP contribution in [0.25, 0.3) is 0 Å². The molecule has 0 amide bonds. The van der Waals surface area contributed by atoms with Crippen molar-refractivity contribution >= 4 is 0 Å². The third-order valence-corrected chi connectivity index (χ3v) is 2.33. The van der Waals surface area contributed by atoms with Crippen LogP contribution < -0.4 is 10.1 Å². The first-order valence-corrected chi connectivity index (χ1v) is 5.98. The second-order valence-corrected chi connectivity index (χ2v) is 5.03. The molecule has 0 atom stereocenters. The average molecular weight is 221 g/mol. The van der Waals surface area contributed by atoms with E-state index in [1.165, 1.54) is 5.56 Å². The third-order valence-electron chi connectivity index (χ3n) is 2.33. The van der Waals surface area contributed by atoms with Crippen LogP contribution in [0.4, 0.5) is 0 Å². The van der Waals surface area contributed by atoms with Crippen LogP contribution in [0.5, 0.6) is 5.75 Å². The van der Waals surface area contributed by atoms with E-state index >= 15 is 0 Å². The van der Waals surface area contributed by atoms with Gasteiger partial charge in [0.1, 0.15) is 12.4 Å². The molecule has 90 valence electrons. The summed E-state index contributed by atoms with van der Waals surface area (Å²) in [6.07, 6.45) is 1.05. The highest BCUT2D eigenvalue weighted by molar-refractivity contribution is 5.28. The number of benzene rings is 1. The molecule has 1 aromatic rings. The van der Waals surface area contributed by atoms with E-state index in [0.29, 0.717) is 6.61 Å². The van der Waals surface area contributed by atoms with Gasteiger partial charge in [0.25, 0.3) is 0 Å². The summed E-state index contributed by atoms with van der Waals surface area (Å²) in [6.45, 7) is 10.2. The van der Waals surface area contributed by atoms with Gasteiger partial charge in [0.05, 0.1) is 0 Å². The molecule has 0 unspecified atom stereocenters. The van der Waals surface area contributed by atoms with Crippen molar-refractivity contribution in [2.45, 2.75) is 39.7 Å². The molecule has 0 heterocycles. The molecule has 0 radical (unpaired) electrons. The van der Waals surface area contributed by atoms with Crippen LogP contribution >= 0.6 is 0 Å². The van der Waals surface area contributed by atoms with Crippen LogP contribution in [0, 0.1) is 0 Å². The van der Waals surface area contributed by atoms with E-state index in [1.54, 1.807) is 0 Å². The lowest BCUT2D eigenvalue weighted by molar-refractivity contribution is 0.291. The van der Waals surface area contributed by atoms with Crippen molar-refractivity contribution in [1.29, 1.82) is 0 Å². The van der Waals surface area contributed by atoms with Gasteiger partial charge >= 0.3 is 0 Å². The fourth-order valence-corrected chi connectivity index (χ4v) is 1.45. The van der Waals surface area contributed by atoms with Gasteiger partial charge in [-0.1, -0.05) is 19.1 Å². The number of rotatable bonds is 5. The second-order valence-electron chi connectivity index (χ2n) is 5.03. The van der Waals surface area contributed by atoms with Gasteiger partial charge < -0.3 is 10.1 Å². The SMILES string of the molecule is CCc1cccc(OCCNC(C)(C)C)c1. The van der Waals surface area contributed by atoms with Gasteiger partial charge in [0.2, 0.25) is 0 Å². The monoisotopic (exact) mass is 221 g/mol. The summed E-state index contributed by atoms with van der Waals surface area (Å²) in [4.78, 5) is 0. The zero-order valence-electron chi connectivity index (χ0n) is 10.8. The number of ether oxygens (including phenoxy) is 1. The van der Waals surface area contributed by atoms with Crippen LogP contribution in [-0.2, 0) is 6.42 Å². The van der Waals surface area contributed by atoms with Crippen LogP contribution in [-0.4, -0.2) is 18.7 Å². The molecule has 1 rings (SSSR count). The highest BCUT2D eigenvalue weighted by atomic mass is 16.5. The molecule has 0 fully saturated rings. The van der Waals surface area contributed by atoms with Gasteiger partial charge in [0, 0.05) is 12.1 Å². The first kappa shape index (κ1) is 13.0. The van der Waals surface area contributed by atoms with E-state index in [-0.39, 0.29) is 5.54 Å². The first-order chi connectivity index (χ1) is 7.51. The lowest BCUT2D eigenvalue weighted by Crippen LogP contribution is -2.38. The highest BCUT2D eigenvalue weighted by Gasteiger charge is 2.07. The minimum Gasteiger partial charge on any atom is -0.492 e.